The number of aryl methyl sites for hydroxylation is 1. The largest absolute Gasteiger partial charge is 0.493 e. The minimum atomic E-state index is -0.239. The number of carbonyl (C=O) groups excluding carboxylic acids is 2. The van der Waals surface area contributed by atoms with Crippen LogP contribution in [0.1, 0.15) is 29.5 Å². The van der Waals surface area contributed by atoms with Crippen molar-refractivity contribution in [3.8, 4) is 11.5 Å². The highest BCUT2D eigenvalue weighted by Crippen LogP contribution is 2.28. The lowest BCUT2D eigenvalue weighted by atomic mass is 10.1. The zero-order chi connectivity index (χ0) is 24.8. The molecule has 0 radical (unpaired) electrons. The van der Waals surface area contributed by atoms with E-state index in [0.29, 0.717) is 37.4 Å². The lowest BCUT2D eigenvalue weighted by molar-refractivity contribution is -0.135. The number of hydrogen-bond donors (Lipinski definition) is 0. The van der Waals surface area contributed by atoms with Crippen LogP contribution in [-0.4, -0.2) is 80.0 Å². The summed E-state index contributed by atoms with van der Waals surface area (Å²) in [7, 11) is 3.23. The summed E-state index contributed by atoms with van der Waals surface area (Å²) < 4.78 is 10.7. The van der Waals surface area contributed by atoms with E-state index < -0.39 is 0 Å². The topological polar surface area (TPSA) is 62.3 Å². The van der Waals surface area contributed by atoms with Crippen LogP contribution < -0.4 is 9.47 Å². The molecule has 2 saturated heterocycles. The fourth-order valence-corrected chi connectivity index (χ4v) is 5.01. The summed E-state index contributed by atoms with van der Waals surface area (Å²) in [6.07, 6.45) is 1.99. The summed E-state index contributed by atoms with van der Waals surface area (Å²) in [5.74, 6) is 1.33. The Bertz CT molecular complexity index is 1020. The third-order valence-corrected chi connectivity index (χ3v) is 7.11. The van der Waals surface area contributed by atoms with Crippen LogP contribution in [0.15, 0.2) is 42.5 Å². The van der Waals surface area contributed by atoms with Crippen molar-refractivity contribution in [1.29, 1.82) is 0 Å². The standard InChI is InChI=1S/C28H37N3O4/c1-21-5-7-23(8-6-21)19-29-12-4-13-30(16-15-29)28(33)24-18-27(32)31(20-24)14-11-22-9-10-25(34-2)26(17-22)35-3/h5-10,17,24H,4,11-16,18-20H2,1-3H3/t24-/m0/s1. The lowest BCUT2D eigenvalue weighted by Gasteiger charge is -2.24. The Hall–Kier alpha value is -3.06. The molecule has 2 amide bonds. The van der Waals surface area contributed by atoms with Crippen LogP contribution >= 0.6 is 0 Å². The highest BCUT2D eigenvalue weighted by Gasteiger charge is 2.36. The van der Waals surface area contributed by atoms with Gasteiger partial charge in [-0.2, -0.15) is 0 Å². The summed E-state index contributed by atoms with van der Waals surface area (Å²) in [4.78, 5) is 32.2. The predicted octanol–water partition coefficient (Wildman–Crippen LogP) is 3.14. The smallest absolute Gasteiger partial charge is 0.228 e. The fraction of sp³-hybridized carbons (Fsp3) is 0.500. The SMILES string of the molecule is COc1ccc(CCN2C[C@@H](C(=O)N3CCCN(Cc4ccc(C)cc4)CC3)CC2=O)cc1OC. The van der Waals surface area contributed by atoms with Crippen LogP contribution in [-0.2, 0) is 22.6 Å². The highest BCUT2D eigenvalue weighted by molar-refractivity contribution is 5.89. The highest BCUT2D eigenvalue weighted by atomic mass is 16.5. The number of amides is 2. The number of likely N-dealkylation sites (tertiary alicyclic amines) is 1. The Labute approximate surface area is 208 Å². The third-order valence-electron chi connectivity index (χ3n) is 7.11. The normalized spacial score (nSPS) is 19.1. The van der Waals surface area contributed by atoms with E-state index in [1.807, 2.05) is 28.0 Å². The number of carbonyl (C=O) groups is 2. The zero-order valence-electron chi connectivity index (χ0n) is 21.2. The number of benzene rings is 2. The Morgan fingerprint density at radius 2 is 1.69 bits per heavy atom. The van der Waals surface area contributed by atoms with Gasteiger partial charge in [0, 0.05) is 52.2 Å². The zero-order valence-corrected chi connectivity index (χ0v) is 21.2. The van der Waals surface area contributed by atoms with E-state index in [4.69, 9.17) is 9.47 Å². The lowest BCUT2D eigenvalue weighted by Crippen LogP contribution is -2.40. The van der Waals surface area contributed by atoms with Crippen molar-refractivity contribution in [2.24, 2.45) is 5.92 Å². The molecule has 35 heavy (non-hydrogen) atoms. The maximum Gasteiger partial charge on any atom is 0.228 e. The van der Waals surface area contributed by atoms with Crippen molar-refractivity contribution in [2.75, 3.05) is 53.5 Å². The van der Waals surface area contributed by atoms with Crippen LogP contribution in [0.5, 0.6) is 11.5 Å². The maximum absolute atomic E-state index is 13.3. The Morgan fingerprint density at radius 3 is 2.43 bits per heavy atom. The van der Waals surface area contributed by atoms with Crippen molar-refractivity contribution in [2.45, 2.75) is 32.7 Å². The number of nitrogens with zero attached hydrogens (tertiary/aromatic N) is 3. The van der Waals surface area contributed by atoms with E-state index in [-0.39, 0.29) is 17.7 Å². The van der Waals surface area contributed by atoms with Gasteiger partial charge in [0.15, 0.2) is 11.5 Å². The molecule has 0 saturated carbocycles. The minimum absolute atomic E-state index is 0.0691. The van der Waals surface area contributed by atoms with Crippen molar-refractivity contribution in [3.63, 3.8) is 0 Å². The van der Waals surface area contributed by atoms with Crippen molar-refractivity contribution < 1.29 is 19.1 Å². The van der Waals surface area contributed by atoms with Crippen molar-refractivity contribution >= 4 is 11.8 Å². The van der Waals surface area contributed by atoms with E-state index >= 15 is 0 Å². The Kier molecular flexibility index (Phi) is 8.29. The molecule has 0 bridgehead atoms. The molecule has 0 N–H and O–H groups in total. The van der Waals surface area contributed by atoms with Gasteiger partial charge in [-0.3, -0.25) is 14.5 Å². The second-order valence-electron chi connectivity index (χ2n) is 9.62. The molecule has 0 aliphatic carbocycles. The predicted molar refractivity (Wildman–Crippen MR) is 136 cm³/mol. The average molecular weight is 480 g/mol. The molecule has 2 aliphatic rings. The summed E-state index contributed by atoms with van der Waals surface area (Å²) in [6, 6.07) is 14.5. The summed E-state index contributed by atoms with van der Waals surface area (Å²) in [5, 5.41) is 0. The second-order valence-corrected chi connectivity index (χ2v) is 9.62. The minimum Gasteiger partial charge on any atom is -0.493 e. The van der Waals surface area contributed by atoms with E-state index in [0.717, 1.165) is 44.7 Å². The molecule has 0 spiro atoms. The fourth-order valence-electron chi connectivity index (χ4n) is 5.01. The molecule has 2 aromatic rings. The number of hydrogen-bond acceptors (Lipinski definition) is 5. The molecule has 2 fully saturated rings. The van der Waals surface area contributed by atoms with Gasteiger partial charge in [0.2, 0.25) is 11.8 Å². The second kappa shape index (κ2) is 11.6. The van der Waals surface area contributed by atoms with Crippen LogP contribution in [0.25, 0.3) is 0 Å². The van der Waals surface area contributed by atoms with Crippen LogP contribution in [0.3, 0.4) is 0 Å². The molecular weight excluding hydrogens is 442 g/mol. The quantitative estimate of drug-likeness (QED) is 0.582. The van der Waals surface area contributed by atoms with Gasteiger partial charge >= 0.3 is 0 Å². The first kappa shape index (κ1) is 25.0. The summed E-state index contributed by atoms with van der Waals surface area (Å²) >= 11 is 0. The van der Waals surface area contributed by atoms with Gasteiger partial charge in [0.25, 0.3) is 0 Å². The Balaban J connectivity index is 1.27. The van der Waals surface area contributed by atoms with Gasteiger partial charge in [-0.25, -0.2) is 0 Å². The van der Waals surface area contributed by atoms with E-state index in [1.54, 1.807) is 14.2 Å². The van der Waals surface area contributed by atoms with Gasteiger partial charge in [-0.15, -0.1) is 0 Å². The van der Waals surface area contributed by atoms with Crippen molar-refractivity contribution in [3.05, 3.63) is 59.2 Å². The van der Waals surface area contributed by atoms with Crippen LogP contribution in [0, 0.1) is 12.8 Å². The van der Waals surface area contributed by atoms with Crippen molar-refractivity contribution in [1.82, 2.24) is 14.7 Å². The summed E-state index contributed by atoms with van der Waals surface area (Å²) in [6.45, 7) is 7.46. The first-order chi connectivity index (χ1) is 17.0. The van der Waals surface area contributed by atoms with Gasteiger partial charge in [0.05, 0.1) is 20.1 Å². The number of ether oxygens (including phenoxy) is 2. The molecule has 4 rings (SSSR count). The molecule has 2 aromatic carbocycles. The molecule has 0 aromatic heterocycles. The Morgan fingerprint density at radius 1 is 0.943 bits per heavy atom. The molecule has 7 heteroatoms. The van der Waals surface area contributed by atoms with E-state index in [9.17, 15) is 9.59 Å². The van der Waals surface area contributed by atoms with Crippen LogP contribution in [0.2, 0.25) is 0 Å². The molecule has 2 heterocycles. The average Bonchev–Trinajstić information content (AvgIpc) is 3.09. The molecule has 2 aliphatic heterocycles. The first-order valence-electron chi connectivity index (χ1n) is 12.5. The molecule has 1 atom stereocenters. The molecular formula is C28H37N3O4. The molecule has 188 valence electrons. The van der Waals surface area contributed by atoms with Gasteiger partial charge in [0.1, 0.15) is 0 Å². The third kappa shape index (κ3) is 6.34. The monoisotopic (exact) mass is 479 g/mol. The van der Waals surface area contributed by atoms with Crippen LogP contribution in [0.4, 0.5) is 0 Å². The van der Waals surface area contributed by atoms with E-state index in [2.05, 4.69) is 36.1 Å². The molecule has 7 nitrogen and oxygen atoms in total. The van der Waals surface area contributed by atoms with Gasteiger partial charge < -0.3 is 19.3 Å². The maximum atomic E-state index is 13.3. The van der Waals surface area contributed by atoms with E-state index in [1.165, 1.54) is 11.1 Å². The number of methoxy groups -OCH3 is 2. The molecule has 0 unspecified atom stereocenters. The summed E-state index contributed by atoms with van der Waals surface area (Å²) in [5.41, 5.74) is 3.65. The van der Waals surface area contributed by atoms with Gasteiger partial charge in [-0.1, -0.05) is 35.9 Å². The number of rotatable bonds is 8. The van der Waals surface area contributed by atoms with Gasteiger partial charge in [-0.05, 0) is 43.0 Å². The first-order valence-corrected chi connectivity index (χ1v) is 12.5.